The highest BCUT2D eigenvalue weighted by Crippen LogP contribution is 2.25. The Labute approximate surface area is 143 Å². The van der Waals surface area contributed by atoms with Crippen molar-refractivity contribution in [2.75, 3.05) is 0 Å². The molecule has 122 valence electrons. The van der Waals surface area contributed by atoms with Gasteiger partial charge in [-0.3, -0.25) is 4.79 Å². The third-order valence-corrected chi connectivity index (χ3v) is 4.76. The second-order valence-corrected chi connectivity index (χ2v) is 7.59. The fourth-order valence-corrected chi connectivity index (χ4v) is 3.38. The van der Waals surface area contributed by atoms with Gasteiger partial charge in [0.1, 0.15) is 0 Å². The number of thioether (sulfide) groups is 1. The number of amides is 1. The van der Waals surface area contributed by atoms with Gasteiger partial charge in [-0.15, -0.1) is 11.8 Å². The number of carbonyl (C=O) groups is 1. The van der Waals surface area contributed by atoms with Crippen LogP contribution in [-0.4, -0.2) is 11.2 Å². The molecule has 2 rings (SSSR count). The van der Waals surface area contributed by atoms with Crippen molar-refractivity contribution in [1.82, 2.24) is 5.32 Å². The molecule has 3 heteroatoms. The SMILES string of the molecule is CC(C)C[C@@H](NC(=O)[C@H](C)Sc1ccccc1)c1ccccc1. The first kappa shape index (κ1) is 17.6. The third kappa shape index (κ3) is 5.76. The van der Waals surface area contributed by atoms with Gasteiger partial charge in [-0.1, -0.05) is 62.4 Å². The van der Waals surface area contributed by atoms with E-state index in [1.54, 1.807) is 11.8 Å². The lowest BCUT2D eigenvalue weighted by Crippen LogP contribution is -2.35. The molecule has 0 bridgehead atoms. The van der Waals surface area contributed by atoms with Crippen LogP contribution >= 0.6 is 11.8 Å². The van der Waals surface area contributed by atoms with E-state index >= 15 is 0 Å². The topological polar surface area (TPSA) is 29.1 Å². The lowest BCUT2D eigenvalue weighted by molar-refractivity contribution is -0.121. The van der Waals surface area contributed by atoms with Gasteiger partial charge in [0, 0.05) is 4.90 Å². The van der Waals surface area contributed by atoms with Crippen LogP contribution in [0.25, 0.3) is 0 Å². The van der Waals surface area contributed by atoms with Crippen LogP contribution in [0.15, 0.2) is 65.6 Å². The fraction of sp³-hybridized carbons (Fsp3) is 0.350. The predicted octanol–water partition coefficient (Wildman–Crippen LogP) is 5.07. The van der Waals surface area contributed by atoms with Crippen molar-refractivity contribution in [3.05, 3.63) is 66.2 Å². The molecule has 0 aliphatic heterocycles. The van der Waals surface area contributed by atoms with Crippen molar-refractivity contribution < 1.29 is 4.79 Å². The van der Waals surface area contributed by atoms with Crippen molar-refractivity contribution in [3.8, 4) is 0 Å². The summed E-state index contributed by atoms with van der Waals surface area (Å²) in [7, 11) is 0. The molecule has 2 aromatic rings. The monoisotopic (exact) mass is 327 g/mol. The summed E-state index contributed by atoms with van der Waals surface area (Å²) < 4.78 is 0. The van der Waals surface area contributed by atoms with E-state index in [-0.39, 0.29) is 17.2 Å². The van der Waals surface area contributed by atoms with E-state index in [9.17, 15) is 4.79 Å². The fourth-order valence-electron chi connectivity index (χ4n) is 2.48. The maximum absolute atomic E-state index is 12.6. The zero-order valence-corrected chi connectivity index (χ0v) is 14.8. The van der Waals surface area contributed by atoms with Gasteiger partial charge in [0.15, 0.2) is 0 Å². The molecule has 0 aliphatic carbocycles. The zero-order valence-electron chi connectivity index (χ0n) is 14.0. The van der Waals surface area contributed by atoms with Gasteiger partial charge in [0.25, 0.3) is 0 Å². The maximum Gasteiger partial charge on any atom is 0.233 e. The van der Waals surface area contributed by atoms with Crippen molar-refractivity contribution in [2.24, 2.45) is 5.92 Å². The van der Waals surface area contributed by atoms with Gasteiger partial charge >= 0.3 is 0 Å². The average Bonchev–Trinajstić information content (AvgIpc) is 2.55. The van der Waals surface area contributed by atoms with Gasteiger partial charge < -0.3 is 5.32 Å². The summed E-state index contributed by atoms with van der Waals surface area (Å²) in [6, 6.07) is 20.4. The van der Waals surface area contributed by atoms with Crippen molar-refractivity contribution in [2.45, 2.75) is 43.4 Å². The first-order chi connectivity index (χ1) is 11.1. The Morgan fingerprint density at radius 1 is 0.957 bits per heavy atom. The van der Waals surface area contributed by atoms with E-state index in [2.05, 4.69) is 31.3 Å². The average molecular weight is 327 g/mol. The van der Waals surface area contributed by atoms with Gasteiger partial charge in [-0.05, 0) is 37.0 Å². The maximum atomic E-state index is 12.6. The molecule has 0 saturated carbocycles. The molecule has 2 nitrogen and oxygen atoms in total. The Kier molecular flexibility index (Phi) is 6.72. The molecule has 1 N–H and O–H groups in total. The highest BCUT2D eigenvalue weighted by atomic mass is 32.2. The first-order valence-corrected chi connectivity index (χ1v) is 9.01. The molecule has 0 fully saturated rings. The predicted molar refractivity (Wildman–Crippen MR) is 98.5 cm³/mol. The van der Waals surface area contributed by atoms with Gasteiger partial charge in [-0.2, -0.15) is 0 Å². The van der Waals surface area contributed by atoms with Crippen LogP contribution in [0, 0.1) is 5.92 Å². The molecule has 2 aromatic carbocycles. The number of hydrogen-bond donors (Lipinski definition) is 1. The Hall–Kier alpha value is -1.74. The molecule has 2 atom stereocenters. The lowest BCUT2D eigenvalue weighted by atomic mass is 9.97. The number of rotatable bonds is 7. The number of nitrogens with one attached hydrogen (secondary N) is 1. The van der Waals surface area contributed by atoms with E-state index in [0.29, 0.717) is 5.92 Å². The molecule has 0 saturated heterocycles. The number of benzene rings is 2. The normalized spacial score (nSPS) is 13.6. The quantitative estimate of drug-likeness (QED) is 0.719. The summed E-state index contributed by atoms with van der Waals surface area (Å²) in [5, 5.41) is 3.11. The molecule has 0 radical (unpaired) electrons. The van der Waals surface area contributed by atoms with E-state index in [4.69, 9.17) is 0 Å². The number of carbonyl (C=O) groups excluding carboxylic acids is 1. The van der Waals surface area contributed by atoms with Crippen molar-refractivity contribution >= 4 is 17.7 Å². The third-order valence-electron chi connectivity index (χ3n) is 3.65. The molecule has 0 heterocycles. The van der Waals surface area contributed by atoms with Crippen LogP contribution in [0.5, 0.6) is 0 Å². The molecule has 23 heavy (non-hydrogen) atoms. The minimum absolute atomic E-state index is 0.0718. The van der Waals surface area contributed by atoms with E-state index in [1.165, 1.54) is 5.56 Å². The number of hydrogen-bond acceptors (Lipinski definition) is 2. The summed E-state index contributed by atoms with van der Waals surface area (Å²) in [6.45, 7) is 6.33. The minimum atomic E-state index is -0.115. The largest absolute Gasteiger partial charge is 0.348 e. The molecule has 1 amide bonds. The lowest BCUT2D eigenvalue weighted by Gasteiger charge is -2.23. The Morgan fingerprint density at radius 3 is 2.09 bits per heavy atom. The van der Waals surface area contributed by atoms with Crippen LogP contribution < -0.4 is 5.32 Å². The second-order valence-electron chi connectivity index (χ2n) is 6.17. The van der Waals surface area contributed by atoms with Crippen LogP contribution in [0.1, 0.15) is 38.8 Å². The Bertz CT molecular complexity index is 598. The molecular weight excluding hydrogens is 302 g/mol. The van der Waals surface area contributed by atoms with E-state index in [0.717, 1.165) is 11.3 Å². The smallest absolute Gasteiger partial charge is 0.233 e. The van der Waals surface area contributed by atoms with Crippen LogP contribution in [0.3, 0.4) is 0 Å². The van der Waals surface area contributed by atoms with Crippen LogP contribution in [-0.2, 0) is 4.79 Å². The highest BCUT2D eigenvalue weighted by Gasteiger charge is 2.20. The van der Waals surface area contributed by atoms with Gasteiger partial charge in [0.2, 0.25) is 5.91 Å². The molecule has 0 spiro atoms. The summed E-state index contributed by atoms with van der Waals surface area (Å²) in [5.41, 5.74) is 1.17. The molecular formula is C20H25NOS. The van der Waals surface area contributed by atoms with Gasteiger partial charge in [0.05, 0.1) is 11.3 Å². The minimum Gasteiger partial charge on any atom is -0.348 e. The van der Waals surface area contributed by atoms with Crippen LogP contribution in [0.4, 0.5) is 0 Å². The summed E-state index contributed by atoms with van der Waals surface area (Å²) in [6.07, 6.45) is 0.943. The second kappa shape index (κ2) is 8.78. The van der Waals surface area contributed by atoms with Gasteiger partial charge in [-0.25, -0.2) is 0 Å². The Morgan fingerprint density at radius 2 is 1.52 bits per heavy atom. The highest BCUT2D eigenvalue weighted by molar-refractivity contribution is 8.00. The summed E-state index contributed by atoms with van der Waals surface area (Å²) in [5.74, 6) is 0.617. The Balaban J connectivity index is 2.02. The van der Waals surface area contributed by atoms with E-state index < -0.39 is 0 Å². The standard InChI is InChI=1S/C20H25NOS/c1-15(2)14-19(17-10-6-4-7-11-17)21-20(22)16(3)23-18-12-8-5-9-13-18/h4-13,15-16,19H,14H2,1-3H3,(H,21,22)/t16-,19+/m0/s1. The molecule has 0 aromatic heterocycles. The first-order valence-electron chi connectivity index (χ1n) is 8.13. The van der Waals surface area contributed by atoms with Crippen molar-refractivity contribution in [1.29, 1.82) is 0 Å². The summed E-state index contributed by atoms with van der Waals surface area (Å²) >= 11 is 1.60. The van der Waals surface area contributed by atoms with Crippen molar-refractivity contribution in [3.63, 3.8) is 0 Å². The summed E-state index contributed by atoms with van der Waals surface area (Å²) in [4.78, 5) is 13.7. The molecule has 0 unspecified atom stereocenters. The zero-order chi connectivity index (χ0) is 16.7. The van der Waals surface area contributed by atoms with E-state index in [1.807, 2.05) is 55.5 Å². The molecule has 0 aliphatic rings. The van der Waals surface area contributed by atoms with Crippen LogP contribution in [0.2, 0.25) is 0 Å².